The predicted octanol–water partition coefficient (Wildman–Crippen LogP) is 3.66. The van der Waals surface area contributed by atoms with Crippen LogP contribution in [0, 0.1) is 17.5 Å². The minimum Gasteiger partial charge on any atom is -0.379 e. The molecule has 1 saturated heterocycles. The van der Waals surface area contributed by atoms with Crippen molar-refractivity contribution in [2.24, 2.45) is 0 Å². The first kappa shape index (κ1) is 26.6. The lowest BCUT2D eigenvalue weighted by Gasteiger charge is -2.46. The van der Waals surface area contributed by atoms with E-state index in [1.807, 2.05) is 0 Å². The summed E-state index contributed by atoms with van der Waals surface area (Å²) in [5, 5.41) is 15.5. The number of carbonyl (C=O) groups excluding carboxylic acids is 3. The van der Waals surface area contributed by atoms with Gasteiger partial charge in [0.05, 0.1) is 11.4 Å². The van der Waals surface area contributed by atoms with Crippen LogP contribution in [0.25, 0.3) is 6.08 Å². The smallest absolute Gasteiger partial charge is 0.295 e. The summed E-state index contributed by atoms with van der Waals surface area (Å²) >= 11 is 0.564. The van der Waals surface area contributed by atoms with Gasteiger partial charge in [0.25, 0.3) is 11.1 Å². The zero-order valence-corrected chi connectivity index (χ0v) is 21.3. The Hall–Kier alpha value is -3.97. The summed E-state index contributed by atoms with van der Waals surface area (Å²) in [4.78, 5) is 45.8. The zero-order chi connectivity index (χ0) is 27.9. The van der Waals surface area contributed by atoms with Crippen LogP contribution < -0.4 is 0 Å². The van der Waals surface area contributed by atoms with Gasteiger partial charge in [-0.2, -0.15) is 5.10 Å². The summed E-state index contributed by atoms with van der Waals surface area (Å²) in [5.41, 5.74) is -2.49. The first-order valence-electron chi connectivity index (χ1n) is 11.9. The summed E-state index contributed by atoms with van der Waals surface area (Å²) in [6.07, 6.45) is 3.13. The van der Waals surface area contributed by atoms with Crippen LogP contribution in [-0.4, -0.2) is 58.9 Å². The van der Waals surface area contributed by atoms with Crippen molar-refractivity contribution in [1.29, 1.82) is 0 Å². The van der Waals surface area contributed by atoms with Gasteiger partial charge in [0.1, 0.15) is 30.1 Å². The second kappa shape index (κ2) is 10.3. The molecular weight excluding hydrogens is 535 g/mol. The third-order valence-corrected chi connectivity index (χ3v) is 7.38. The minimum absolute atomic E-state index is 0.0430. The van der Waals surface area contributed by atoms with Crippen molar-refractivity contribution in [1.82, 2.24) is 24.6 Å². The van der Waals surface area contributed by atoms with E-state index < -0.39 is 64.4 Å². The lowest BCUT2D eigenvalue weighted by molar-refractivity contribution is -0.162. The van der Waals surface area contributed by atoms with E-state index in [2.05, 4.69) is 10.1 Å². The highest BCUT2D eigenvalue weighted by Crippen LogP contribution is 2.44. The third-order valence-electron chi connectivity index (χ3n) is 6.50. The summed E-state index contributed by atoms with van der Waals surface area (Å²) in [7, 11) is 0. The van der Waals surface area contributed by atoms with Gasteiger partial charge in [0.15, 0.2) is 11.8 Å². The largest absolute Gasteiger partial charge is 0.379 e. The molecule has 0 bridgehead atoms. The van der Waals surface area contributed by atoms with E-state index in [1.54, 1.807) is 0 Å². The molecule has 3 amide bonds. The first-order valence-corrected chi connectivity index (χ1v) is 12.7. The Morgan fingerprint density at radius 2 is 1.87 bits per heavy atom. The van der Waals surface area contributed by atoms with Crippen LogP contribution in [0.3, 0.4) is 0 Å². The molecule has 1 aromatic heterocycles. The monoisotopic (exact) mass is 557 g/mol. The molecule has 5 rings (SSSR count). The standard InChI is InChI=1S/C26H22F3N5O4S/c1-15(35)33(19-7-8-19)24(34-23(36)22(39-25(34)37)10-16-2-4-17(27)5-3-16)26(38,12-32-14-30-13-31-32)20-9-6-18(28)11-21(20)29/h2-6,9-11,13-14,19,24,38H,7-8,12H2,1H3/b22-10-. The predicted molar refractivity (Wildman–Crippen MR) is 134 cm³/mol. The van der Waals surface area contributed by atoms with Gasteiger partial charge in [0.2, 0.25) is 5.91 Å². The van der Waals surface area contributed by atoms with Crippen molar-refractivity contribution in [3.8, 4) is 0 Å². The van der Waals surface area contributed by atoms with Crippen LogP contribution in [0.2, 0.25) is 0 Å². The number of imide groups is 1. The molecule has 2 fully saturated rings. The number of hydrogen-bond donors (Lipinski definition) is 1. The van der Waals surface area contributed by atoms with E-state index in [0.29, 0.717) is 36.2 Å². The van der Waals surface area contributed by atoms with E-state index in [-0.39, 0.29) is 4.91 Å². The van der Waals surface area contributed by atoms with Gasteiger partial charge in [-0.05, 0) is 54.4 Å². The number of nitrogens with zero attached hydrogens (tertiary/aromatic N) is 5. The van der Waals surface area contributed by atoms with E-state index in [9.17, 15) is 28.3 Å². The van der Waals surface area contributed by atoms with Gasteiger partial charge in [-0.15, -0.1) is 0 Å². The Bertz CT molecular complexity index is 1460. The number of thioether (sulfide) groups is 1. The van der Waals surface area contributed by atoms with Crippen LogP contribution in [0.5, 0.6) is 0 Å². The Morgan fingerprint density at radius 1 is 1.18 bits per heavy atom. The fourth-order valence-electron chi connectivity index (χ4n) is 4.66. The molecule has 39 heavy (non-hydrogen) atoms. The molecule has 1 aliphatic carbocycles. The van der Waals surface area contributed by atoms with Gasteiger partial charge in [-0.1, -0.05) is 18.2 Å². The SMILES string of the molecule is CC(=O)N(C1CC1)C(N1C(=O)S/C(=C\c2ccc(F)cc2)C1=O)C(O)(Cn1cncn1)c1ccc(F)cc1F. The van der Waals surface area contributed by atoms with Gasteiger partial charge in [-0.3, -0.25) is 14.4 Å². The Labute approximate surface area is 224 Å². The second-order valence-electron chi connectivity index (χ2n) is 9.28. The molecule has 9 nitrogen and oxygen atoms in total. The summed E-state index contributed by atoms with van der Waals surface area (Å²) in [5.74, 6) is -3.94. The minimum atomic E-state index is -2.48. The molecule has 0 radical (unpaired) electrons. The van der Waals surface area contributed by atoms with Gasteiger partial charge in [0, 0.05) is 24.6 Å². The highest BCUT2D eigenvalue weighted by atomic mass is 32.2. The molecular formula is C26H22F3N5O4S. The molecule has 2 atom stereocenters. The number of hydrogen-bond acceptors (Lipinski definition) is 7. The molecule has 2 aliphatic rings. The number of halogens is 3. The molecule has 2 heterocycles. The van der Waals surface area contributed by atoms with Gasteiger partial charge >= 0.3 is 0 Å². The number of rotatable bonds is 8. The lowest BCUT2D eigenvalue weighted by atomic mass is 9.87. The number of amides is 3. The van der Waals surface area contributed by atoms with Crippen molar-refractivity contribution in [2.45, 2.75) is 44.1 Å². The fraction of sp³-hybridized carbons (Fsp3) is 0.269. The normalized spacial score (nSPS) is 18.9. The molecule has 2 unspecified atom stereocenters. The van der Waals surface area contributed by atoms with Crippen molar-refractivity contribution >= 4 is 34.9 Å². The van der Waals surface area contributed by atoms with E-state index >= 15 is 4.39 Å². The first-order chi connectivity index (χ1) is 18.6. The zero-order valence-electron chi connectivity index (χ0n) is 20.5. The Morgan fingerprint density at radius 3 is 2.46 bits per heavy atom. The number of aliphatic hydroxyl groups is 1. The van der Waals surface area contributed by atoms with Crippen LogP contribution in [0.4, 0.5) is 18.0 Å². The van der Waals surface area contributed by atoms with Crippen LogP contribution in [-0.2, 0) is 21.7 Å². The average molecular weight is 558 g/mol. The maximum absolute atomic E-state index is 15.3. The third kappa shape index (κ3) is 5.19. The lowest BCUT2D eigenvalue weighted by Crippen LogP contribution is -2.64. The van der Waals surface area contributed by atoms with Crippen LogP contribution in [0.1, 0.15) is 30.9 Å². The molecule has 1 N–H and O–H groups in total. The van der Waals surface area contributed by atoms with E-state index in [1.165, 1.54) is 54.8 Å². The number of carbonyl (C=O) groups is 3. The molecule has 0 spiro atoms. The molecule has 202 valence electrons. The molecule has 1 saturated carbocycles. The summed E-state index contributed by atoms with van der Waals surface area (Å²) in [6.45, 7) is 0.686. The Kier molecular flexibility index (Phi) is 7.03. The highest BCUT2D eigenvalue weighted by molar-refractivity contribution is 8.18. The summed E-state index contributed by atoms with van der Waals surface area (Å²) in [6, 6.07) is 7.29. The Balaban J connectivity index is 1.67. The fourth-order valence-corrected chi connectivity index (χ4v) is 5.51. The topological polar surface area (TPSA) is 109 Å². The van der Waals surface area contributed by atoms with Gasteiger partial charge < -0.3 is 10.0 Å². The number of aromatic nitrogens is 3. The highest BCUT2D eigenvalue weighted by Gasteiger charge is 2.57. The van der Waals surface area contributed by atoms with Crippen molar-refractivity contribution in [3.05, 3.63) is 88.6 Å². The average Bonchev–Trinajstić information content (AvgIpc) is 3.51. The quantitative estimate of drug-likeness (QED) is 0.421. The maximum atomic E-state index is 15.3. The maximum Gasteiger partial charge on any atom is 0.295 e. The second-order valence-corrected chi connectivity index (χ2v) is 10.3. The molecule has 13 heteroatoms. The van der Waals surface area contributed by atoms with E-state index in [0.717, 1.165) is 21.7 Å². The van der Waals surface area contributed by atoms with Gasteiger partial charge in [-0.25, -0.2) is 27.7 Å². The van der Waals surface area contributed by atoms with Crippen LogP contribution >= 0.6 is 11.8 Å². The van der Waals surface area contributed by atoms with Crippen molar-refractivity contribution in [2.75, 3.05) is 0 Å². The van der Waals surface area contributed by atoms with Crippen molar-refractivity contribution in [3.63, 3.8) is 0 Å². The summed E-state index contributed by atoms with van der Waals surface area (Å²) < 4.78 is 43.7. The van der Waals surface area contributed by atoms with Crippen LogP contribution in [0.15, 0.2) is 60.0 Å². The van der Waals surface area contributed by atoms with Crippen molar-refractivity contribution < 1.29 is 32.7 Å². The number of benzene rings is 2. The molecule has 3 aromatic rings. The van der Waals surface area contributed by atoms with E-state index in [4.69, 9.17) is 0 Å². The molecule has 2 aromatic carbocycles. The molecule has 1 aliphatic heterocycles.